The molecular weight excluding hydrogens is 300 g/mol. The van der Waals surface area contributed by atoms with Gasteiger partial charge in [-0.1, -0.05) is 6.07 Å². The van der Waals surface area contributed by atoms with Crippen molar-refractivity contribution in [1.29, 1.82) is 0 Å². The first-order valence-corrected chi connectivity index (χ1v) is 8.79. The molecule has 1 heterocycles. The van der Waals surface area contributed by atoms with Gasteiger partial charge in [-0.25, -0.2) is 13.1 Å². The molecule has 0 saturated carbocycles. The minimum absolute atomic E-state index is 0.0365. The lowest BCUT2D eigenvalue weighted by atomic mass is 10.3. The van der Waals surface area contributed by atoms with Gasteiger partial charge in [-0.15, -0.1) is 11.3 Å². The number of thiophene rings is 1. The maximum Gasteiger partial charge on any atom is 0.250 e. The van der Waals surface area contributed by atoms with Crippen molar-refractivity contribution in [1.82, 2.24) is 9.62 Å². The maximum absolute atomic E-state index is 11.9. The number of sulfonamides is 1. The van der Waals surface area contributed by atoms with Crippen LogP contribution >= 0.6 is 11.3 Å². The van der Waals surface area contributed by atoms with Crippen molar-refractivity contribution < 1.29 is 18.3 Å². The van der Waals surface area contributed by atoms with Gasteiger partial charge in [0.05, 0.1) is 0 Å². The molecule has 8 heteroatoms. The number of carbonyl (C=O) groups is 1. The lowest BCUT2D eigenvalue weighted by molar-refractivity contribution is -0.130. The molecule has 1 aromatic rings. The van der Waals surface area contributed by atoms with E-state index in [-0.39, 0.29) is 29.7 Å². The van der Waals surface area contributed by atoms with Gasteiger partial charge in [0.25, 0.3) is 0 Å². The molecule has 114 valence electrons. The van der Waals surface area contributed by atoms with Gasteiger partial charge < -0.3 is 10.0 Å². The third-order valence-corrected chi connectivity index (χ3v) is 5.57. The van der Waals surface area contributed by atoms with Crippen molar-refractivity contribution in [3.05, 3.63) is 17.5 Å². The Morgan fingerprint density at radius 3 is 2.80 bits per heavy atom. The zero-order valence-electron chi connectivity index (χ0n) is 11.4. The molecule has 2 N–H and O–H groups in total. The van der Waals surface area contributed by atoms with Gasteiger partial charge in [0, 0.05) is 32.7 Å². The summed E-state index contributed by atoms with van der Waals surface area (Å²) < 4.78 is 26.3. The lowest BCUT2D eigenvalue weighted by Gasteiger charge is -2.20. The van der Waals surface area contributed by atoms with E-state index < -0.39 is 10.0 Å². The van der Waals surface area contributed by atoms with Crippen LogP contribution in [0, 0.1) is 0 Å². The van der Waals surface area contributed by atoms with E-state index in [1.165, 1.54) is 6.07 Å². The Balaban J connectivity index is 2.41. The molecule has 0 aliphatic heterocycles. The normalized spacial score (nSPS) is 11.5. The standard InChI is InChI=1S/C12H20N2O4S2/c1-2-14(8-4-9-15)11(16)6-7-13-20(17,18)12-5-3-10-19-12/h3,5,10,13,15H,2,4,6-9H2,1H3. The van der Waals surface area contributed by atoms with Crippen molar-refractivity contribution >= 4 is 27.3 Å². The number of hydrogen-bond acceptors (Lipinski definition) is 5. The van der Waals surface area contributed by atoms with E-state index in [0.717, 1.165) is 11.3 Å². The minimum atomic E-state index is -3.50. The molecule has 6 nitrogen and oxygen atoms in total. The van der Waals surface area contributed by atoms with Gasteiger partial charge in [0.15, 0.2) is 0 Å². The van der Waals surface area contributed by atoms with Crippen LogP contribution in [0.1, 0.15) is 19.8 Å². The summed E-state index contributed by atoms with van der Waals surface area (Å²) in [7, 11) is -3.50. The lowest BCUT2D eigenvalue weighted by Crippen LogP contribution is -2.35. The molecule has 1 amide bonds. The zero-order chi connectivity index (χ0) is 15.0. The second kappa shape index (κ2) is 8.35. The Hall–Kier alpha value is -0.960. The largest absolute Gasteiger partial charge is 0.396 e. The summed E-state index contributed by atoms with van der Waals surface area (Å²) in [6, 6.07) is 3.19. The molecular formula is C12H20N2O4S2. The maximum atomic E-state index is 11.9. The van der Waals surface area contributed by atoms with Crippen molar-refractivity contribution in [2.75, 3.05) is 26.2 Å². The van der Waals surface area contributed by atoms with E-state index in [1.54, 1.807) is 16.3 Å². The quantitative estimate of drug-likeness (QED) is 0.699. The Morgan fingerprint density at radius 1 is 1.50 bits per heavy atom. The highest BCUT2D eigenvalue weighted by Crippen LogP contribution is 2.15. The van der Waals surface area contributed by atoms with Crippen LogP contribution in [-0.4, -0.2) is 50.6 Å². The third kappa shape index (κ3) is 5.20. The molecule has 1 aromatic heterocycles. The number of carbonyl (C=O) groups excluding carboxylic acids is 1. The molecule has 0 atom stereocenters. The summed E-state index contributed by atoms with van der Waals surface area (Å²) in [6.07, 6.45) is 0.643. The molecule has 0 saturated heterocycles. The highest BCUT2D eigenvalue weighted by molar-refractivity contribution is 7.91. The number of aliphatic hydroxyl groups is 1. The molecule has 20 heavy (non-hydrogen) atoms. The predicted octanol–water partition coefficient (Wildman–Crippen LogP) is 0.647. The molecule has 0 aromatic carbocycles. The molecule has 1 rings (SSSR count). The highest BCUT2D eigenvalue weighted by Gasteiger charge is 2.16. The van der Waals surface area contributed by atoms with Crippen LogP contribution < -0.4 is 4.72 Å². The summed E-state index contributed by atoms with van der Waals surface area (Å²) in [6.45, 7) is 3.01. The monoisotopic (exact) mass is 320 g/mol. The molecule has 0 radical (unpaired) electrons. The number of nitrogens with one attached hydrogen (secondary N) is 1. The fourth-order valence-corrected chi connectivity index (χ4v) is 3.73. The summed E-state index contributed by atoms with van der Waals surface area (Å²) in [5.74, 6) is -0.116. The van der Waals surface area contributed by atoms with Crippen LogP contribution in [0.4, 0.5) is 0 Å². The van der Waals surface area contributed by atoms with Gasteiger partial charge in [-0.3, -0.25) is 4.79 Å². The van der Waals surface area contributed by atoms with Crippen molar-refractivity contribution in [3.63, 3.8) is 0 Å². The van der Waals surface area contributed by atoms with E-state index >= 15 is 0 Å². The van der Waals surface area contributed by atoms with E-state index in [4.69, 9.17) is 5.11 Å². The number of amides is 1. The zero-order valence-corrected chi connectivity index (χ0v) is 13.0. The minimum Gasteiger partial charge on any atom is -0.396 e. The average Bonchev–Trinajstić information content (AvgIpc) is 2.94. The van der Waals surface area contributed by atoms with Crippen LogP contribution in [-0.2, 0) is 14.8 Å². The Morgan fingerprint density at radius 2 is 2.25 bits per heavy atom. The summed E-state index contributed by atoms with van der Waals surface area (Å²) >= 11 is 1.14. The Bertz CT molecular complexity index is 500. The number of nitrogens with zero attached hydrogens (tertiary/aromatic N) is 1. The van der Waals surface area contributed by atoms with E-state index in [2.05, 4.69) is 4.72 Å². The second-order valence-electron chi connectivity index (χ2n) is 4.13. The molecule has 0 unspecified atom stereocenters. The first kappa shape index (κ1) is 17.1. The third-order valence-electron chi connectivity index (χ3n) is 2.71. The smallest absolute Gasteiger partial charge is 0.250 e. The van der Waals surface area contributed by atoms with Crippen molar-refractivity contribution in [2.45, 2.75) is 24.0 Å². The van der Waals surface area contributed by atoms with Crippen molar-refractivity contribution in [3.8, 4) is 0 Å². The first-order valence-electron chi connectivity index (χ1n) is 6.43. The Labute approximate surface area is 123 Å². The van der Waals surface area contributed by atoms with Gasteiger partial charge in [0.2, 0.25) is 15.9 Å². The van der Waals surface area contributed by atoms with E-state index in [9.17, 15) is 13.2 Å². The summed E-state index contributed by atoms with van der Waals surface area (Å²) in [5.41, 5.74) is 0. The highest BCUT2D eigenvalue weighted by atomic mass is 32.2. The number of aliphatic hydroxyl groups excluding tert-OH is 1. The van der Waals surface area contributed by atoms with Crippen molar-refractivity contribution in [2.24, 2.45) is 0 Å². The molecule has 0 spiro atoms. The van der Waals surface area contributed by atoms with Gasteiger partial charge in [-0.2, -0.15) is 0 Å². The summed E-state index contributed by atoms with van der Waals surface area (Å²) in [5, 5.41) is 10.4. The van der Waals surface area contributed by atoms with Gasteiger partial charge >= 0.3 is 0 Å². The molecule has 0 fully saturated rings. The van der Waals surface area contributed by atoms with Crippen LogP contribution in [0.25, 0.3) is 0 Å². The SMILES string of the molecule is CCN(CCCO)C(=O)CCNS(=O)(=O)c1cccs1. The fraction of sp³-hybridized carbons (Fsp3) is 0.583. The average molecular weight is 320 g/mol. The van der Waals surface area contributed by atoms with Crippen LogP contribution in [0.5, 0.6) is 0 Å². The van der Waals surface area contributed by atoms with Crippen LogP contribution in [0.3, 0.4) is 0 Å². The fourth-order valence-electron chi connectivity index (χ4n) is 1.66. The topological polar surface area (TPSA) is 86.7 Å². The number of rotatable bonds is 9. The van der Waals surface area contributed by atoms with E-state index in [0.29, 0.717) is 19.5 Å². The molecule has 0 aliphatic carbocycles. The molecule has 0 bridgehead atoms. The predicted molar refractivity (Wildman–Crippen MR) is 78.1 cm³/mol. The summed E-state index contributed by atoms with van der Waals surface area (Å²) in [4.78, 5) is 13.5. The van der Waals surface area contributed by atoms with Gasteiger partial charge in [0.1, 0.15) is 4.21 Å². The van der Waals surface area contributed by atoms with Crippen LogP contribution in [0.15, 0.2) is 21.7 Å². The van der Waals surface area contributed by atoms with E-state index in [1.807, 2.05) is 6.92 Å². The van der Waals surface area contributed by atoms with Gasteiger partial charge in [-0.05, 0) is 24.8 Å². The molecule has 0 aliphatic rings. The first-order chi connectivity index (χ1) is 9.51. The van der Waals surface area contributed by atoms with Crippen LogP contribution in [0.2, 0.25) is 0 Å². The number of hydrogen-bond donors (Lipinski definition) is 2. The second-order valence-corrected chi connectivity index (χ2v) is 7.07. The Kier molecular flexibility index (Phi) is 7.14.